The van der Waals surface area contributed by atoms with Gasteiger partial charge >= 0.3 is 18.9 Å². The van der Waals surface area contributed by atoms with Crippen molar-refractivity contribution in [1.82, 2.24) is 0 Å². The third-order valence-electron chi connectivity index (χ3n) is 1.12. The summed E-state index contributed by atoms with van der Waals surface area (Å²) in [6.07, 6.45) is 0. The second kappa shape index (κ2) is 4.63. The zero-order valence-electron chi connectivity index (χ0n) is 6.41. The zero-order chi connectivity index (χ0) is 8.48. The largest absolute Gasteiger partial charge is 1.00 e. The Labute approximate surface area is 97.1 Å². The van der Waals surface area contributed by atoms with Crippen LogP contribution in [0.3, 0.4) is 0 Å². The van der Waals surface area contributed by atoms with Crippen molar-refractivity contribution in [3.8, 4) is 0 Å². The SMILES string of the molecule is [Li+].[NH-]S(=O)(=O)c1ccc(I)cc1. The van der Waals surface area contributed by atoms with Crippen LogP contribution in [0, 0.1) is 3.57 Å². The zero-order valence-corrected chi connectivity index (χ0v) is 9.39. The average molecular weight is 289 g/mol. The fourth-order valence-electron chi connectivity index (χ4n) is 0.614. The van der Waals surface area contributed by atoms with Crippen LogP contribution in [0.5, 0.6) is 0 Å². The molecule has 0 amide bonds. The Balaban J connectivity index is 0.00000121. The first kappa shape index (κ1) is 12.5. The van der Waals surface area contributed by atoms with E-state index in [4.69, 9.17) is 5.14 Å². The van der Waals surface area contributed by atoms with Crippen LogP contribution in [0.2, 0.25) is 0 Å². The molecule has 0 saturated heterocycles. The maximum absolute atomic E-state index is 10.6. The van der Waals surface area contributed by atoms with Crippen molar-refractivity contribution in [3.63, 3.8) is 0 Å². The molecule has 1 rings (SSSR count). The molecule has 6 heteroatoms. The van der Waals surface area contributed by atoms with Gasteiger partial charge in [-0.2, -0.15) is 0 Å². The number of sulfonamides is 1. The van der Waals surface area contributed by atoms with Crippen LogP contribution >= 0.6 is 22.6 Å². The average Bonchev–Trinajstić information content (AvgIpc) is 1.86. The van der Waals surface area contributed by atoms with Crippen molar-refractivity contribution in [2.45, 2.75) is 4.90 Å². The molecule has 0 aliphatic carbocycles. The van der Waals surface area contributed by atoms with Gasteiger partial charge in [0, 0.05) is 8.47 Å². The Morgan fingerprint density at radius 1 is 1.17 bits per heavy atom. The molecule has 0 aliphatic rings. The van der Waals surface area contributed by atoms with E-state index in [-0.39, 0.29) is 23.8 Å². The minimum Gasteiger partial charge on any atom is -0.560 e. The van der Waals surface area contributed by atoms with Crippen LogP contribution in [0.1, 0.15) is 0 Å². The second-order valence-corrected chi connectivity index (χ2v) is 4.68. The topological polar surface area (TPSA) is 57.9 Å². The number of halogens is 1. The van der Waals surface area contributed by atoms with E-state index in [1.54, 1.807) is 12.1 Å². The van der Waals surface area contributed by atoms with Crippen LogP contribution in [-0.4, -0.2) is 8.42 Å². The normalized spacial score (nSPS) is 10.5. The molecular weight excluding hydrogens is 284 g/mol. The van der Waals surface area contributed by atoms with Crippen molar-refractivity contribution in [2.24, 2.45) is 0 Å². The number of nitrogens with one attached hydrogen (secondary N) is 1. The van der Waals surface area contributed by atoms with Gasteiger partial charge in [-0.3, -0.25) is 0 Å². The maximum atomic E-state index is 10.6. The van der Waals surface area contributed by atoms with Crippen LogP contribution < -0.4 is 18.9 Å². The number of rotatable bonds is 1. The van der Waals surface area contributed by atoms with Crippen LogP contribution in [-0.2, 0) is 10.0 Å². The molecule has 0 aromatic heterocycles. The van der Waals surface area contributed by atoms with Crippen molar-refractivity contribution >= 4 is 32.6 Å². The predicted molar refractivity (Wildman–Crippen MR) is 50.7 cm³/mol. The molecule has 0 bridgehead atoms. The summed E-state index contributed by atoms with van der Waals surface area (Å²) >= 11 is 2.07. The summed E-state index contributed by atoms with van der Waals surface area (Å²) in [5.41, 5.74) is 0. The fourth-order valence-corrected chi connectivity index (χ4v) is 1.47. The Hall–Kier alpha value is 0.457. The van der Waals surface area contributed by atoms with E-state index in [1.165, 1.54) is 12.1 Å². The van der Waals surface area contributed by atoms with Crippen molar-refractivity contribution in [1.29, 1.82) is 0 Å². The van der Waals surface area contributed by atoms with Crippen LogP contribution in [0.25, 0.3) is 5.14 Å². The van der Waals surface area contributed by atoms with Gasteiger partial charge in [0.25, 0.3) is 0 Å². The molecule has 1 N–H and O–H groups in total. The smallest absolute Gasteiger partial charge is 0.560 e. The van der Waals surface area contributed by atoms with E-state index in [0.29, 0.717) is 0 Å². The van der Waals surface area contributed by atoms with E-state index in [9.17, 15) is 8.42 Å². The van der Waals surface area contributed by atoms with Crippen molar-refractivity contribution in [3.05, 3.63) is 33.0 Å². The molecule has 0 unspecified atom stereocenters. The Morgan fingerprint density at radius 3 is 1.92 bits per heavy atom. The van der Waals surface area contributed by atoms with E-state index in [0.717, 1.165) is 3.57 Å². The Bertz CT molecular complexity index is 348. The van der Waals surface area contributed by atoms with Gasteiger partial charge in [-0.15, -0.1) is 0 Å². The Morgan fingerprint density at radius 2 is 1.58 bits per heavy atom. The summed E-state index contributed by atoms with van der Waals surface area (Å²) in [5, 5.41) is 6.71. The standard InChI is InChI=1S/C6H5INO2S.Li/c7-5-1-3-6(4-2-5)11(8,9)10;/h1-4H,(H-,8,9,10);/q-1;+1. The maximum Gasteiger partial charge on any atom is 1.00 e. The predicted octanol–water partition coefficient (Wildman–Crippen LogP) is -0.964. The monoisotopic (exact) mass is 289 g/mol. The third kappa shape index (κ3) is 3.45. The molecule has 12 heavy (non-hydrogen) atoms. The summed E-state index contributed by atoms with van der Waals surface area (Å²) in [4.78, 5) is 0.0397. The quantitative estimate of drug-likeness (QED) is 0.494. The van der Waals surface area contributed by atoms with Gasteiger partial charge < -0.3 is 5.14 Å². The molecular formula is C6H5ILiNO2S. The van der Waals surface area contributed by atoms with Gasteiger partial charge in [-0.05, 0) is 46.9 Å². The molecule has 0 atom stereocenters. The minimum atomic E-state index is -3.77. The van der Waals surface area contributed by atoms with E-state index >= 15 is 0 Å². The first-order valence-electron chi connectivity index (χ1n) is 2.75. The van der Waals surface area contributed by atoms with E-state index in [1.807, 2.05) is 0 Å². The first-order chi connectivity index (χ1) is 5.00. The molecule has 0 saturated carbocycles. The summed E-state index contributed by atoms with van der Waals surface area (Å²) in [6, 6.07) is 6.15. The first-order valence-corrected chi connectivity index (χ1v) is 5.31. The molecule has 0 radical (unpaired) electrons. The third-order valence-corrected chi connectivity index (χ3v) is 2.74. The molecule has 0 fully saturated rings. The molecule has 0 aliphatic heterocycles. The van der Waals surface area contributed by atoms with Gasteiger partial charge in [-0.25, -0.2) is 8.42 Å². The van der Waals surface area contributed by atoms with E-state index in [2.05, 4.69) is 22.6 Å². The van der Waals surface area contributed by atoms with Crippen LogP contribution in [0.4, 0.5) is 0 Å². The molecule has 3 nitrogen and oxygen atoms in total. The fraction of sp³-hybridized carbons (Fsp3) is 0. The molecule has 60 valence electrons. The number of benzene rings is 1. The number of hydrogen-bond acceptors (Lipinski definition) is 2. The van der Waals surface area contributed by atoms with Crippen LogP contribution in [0.15, 0.2) is 29.2 Å². The van der Waals surface area contributed by atoms with Gasteiger partial charge in [0.2, 0.25) is 0 Å². The van der Waals surface area contributed by atoms with Gasteiger partial charge in [0.05, 0.1) is 10.0 Å². The summed E-state index contributed by atoms with van der Waals surface area (Å²) in [6.45, 7) is 0. The van der Waals surface area contributed by atoms with Gasteiger partial charge in [0.1, 0.15) is 0 Å². The molecule has 0 heterocycles. The van der Waals surface area contributed by atoms with Gasteiger partial charge in [0.15, 0.2) is 0 Å². The number of hydrogen-bond donors (Lipinski definition) is 0. The molecule has 0 spiro atoms. The molecule has 1 aromatic rings. The molecule has 1 aromatic carbocycles. The summed E-state index contributed by atoms with van der Waals surface area (Å²) in [7, 11) is -3.77. The summed E-state index contributed by atoms with van der Waals surface area (Å²) in [5.74, 6) is 0. The van der Waals surface area contributed by atoms with Crippen molar-refractivity contribution in [2.75, 3.05) is 0 Å². The van der Waals surface area contributed by atoms with Crippen molar-refractivity contribution < 1.29 is 27.3 Å². The van der Waals surface area contributed by atoms with E-state index < -0.39 is 10.0 Å². The second-order valence-electron chi connectivity index (χ2n) is 1.96. The Kier molecular flexibility index (Phi) is 4.80. The van der Waals surface area contributed by atoms with Gasteiger partial charge in [-0.1, -0.05) is 0 Å². The summed E-state index contributed by atoms with van der Waals surface area (Å²) < 4.78 is 22.2. The minimum absolute atomic E-state index is 0.